The maximum Gasteiger partial charge on any atom is 0.433 e. The van der Waals surface area contributed by atoms with E-state index in [0.717, 1.165) is 12.5 Å². The summed E-state index contributed by atoms with van der Waals surface area (Å²) in [6.45, 7) is 1.90. The first kappa shape index (κ1) is 19.8. The fourth-order valence-electron chi connectivity index (χ4n) is 2.35. The van der Waals surface area contributed by atoms with E-state index in [1.165, 1.54) is 17.8 Å². The first-order chi connectivity index (χ1) is 11.6. The molecular weight excluding hydrogens is 368 g/mol. The Morgan fingerprint density at radius 1 is 1.12 bits per heavy atom. The van der Waals surface area contributed by atoms with Crippen molar-refractivity contribution in [1.82, 2.24) is 4.98 Å². The van der Waals surface area contributed by atoms with Crippen molar-refractivity contribution in [1.29, 1.82) is 0 Å². The van der Waals surface area contributed by atoms with E-state index in [1.807, 2.05) is 6.92 Å². The third-order valence-electron chi connectivity index (χ3n) is 3.45. The monoisotopic (exact) mass is 383 g/mol. The number of benzene rings is 1. The molecule has 0 amide bonds. The second-order valence-electron chi connectivity index (χ2n) is 5.38. The van der Waals surface area contributed by atoms with Gasteiger partial charge in [0.1, 0.15) is 5.69 Å². The van der Waals surface area contributed by atoms with Crippen LogP contribution in [0.1, 0.15) is 36.3 Å². The Morgan fingerprint density at radius 2 is 1.80 bits per heavy atom. The number of hydrogen-bond donors (Lipinski definition) is 1. The molecular formula is C16H15F6NOS. The van der Waals surface area contributed by atoms with Crippen LogP contribution in [0, 0.1) is 0 Å². The summed E-state index contributed by atoms with van der Waals surface area (Å²) in [7, 11) is 0. The van der Waals surface area contributed by atoms with Gasteiger partial charge in [-0.2, -0.15) is 38.1 Å². The second-order valence-corrected chi connectivity index (χ2v) is 6.53. The Kier molecular flexibility index (Phi) is 5.88. The molecule has 0 spiro atoms. The van der Waals surface area contributed by atoms with Gasteiger partial charge in [0.05, 0.1) is 17.2 Å². The molecule has 2 rings (SSSR count). The van der Waals surface area contributed by atoms with E-state index in [9.17, 15) is 31.4 Å². The molecule has 0 fully saturated rings. The molecule has 138 valence electrons. The molecule has 9 heteroatoms. The first-order valence-electron chi connectivity index (χ1n) is 7.39. The smallest absolute Gasteiger partial charge is 0.388 e. The molecule has 1 aromatic carbocycles. The highest BCUT2D eigenvalue weighted by atomic mass is 32.2. The van der Waals surface area contributed by atoms with Crippen molar-refractivity contribution < 1.29 is 31.4 Å². The Labute approximate surface area is 144 Å². The third kappa shape index (κ3) is 4.58. The average Bonchev–Trinajstić information content (AvgIpc) is 2.51. The van der Waals surface area contributed by atoms with Gasteiger partial charge in [0.25, 0.3) is 0 Å². The van der Waals surface area contributed by atoms with Crippen molar-refractivity contribution in [3.05, 3.63) is 41.1 Å². The fourth-order valence-corrected chi connectivity index (χ4v) is 3.21. The zero-order valence-electron chi connectivity index (χ0n) is 13.1. The standard InChI is InChI=1S/C16H15F6NOS/c1-2-6-25-8-12(24)10-7-13(16(20,21)22)23-14-9(10)4-3-5-11(14)15(17,18)19/h3-5,7,12,24H,2,6,8H2,1H3. The minimum Gasteiger partial charge on any atom is -0.388 e. The molecule has 1 N–H and O–H groups in total. The quantitative estimate of drug-likeness (QED) is 0.551. The van der Waals surface area contributed by atoms with Crippen LogP contribution >= 0.6 is 11.8 Å². The van der Waals surface area contributed by atoms with Crippen molar-refractivity contribution in [2.75, 3.05) is 11.5 Å². The molecule has 2 nitrogen and oxygen atoms in total. The van der Waals surface area contributed by atoms with E-state index in [4.69, 9.17) is 0 Å². The maximum atomic E-state index is 13.1. The van der Waals surface area contributed by atoms with E-state index in [1.54, 1.807) is 0 Å². The van der Waals surface area contributed by atoms with Gasteiger partial charge < -0.3 is 5.11 Å². The first-order valence-corrected chi connectivity index (χ1v) is 8.55. The number of thioether (sulfide) groups is 1. The third-order valence-corrected chi connectivity index (χ3v) is 4.70. The zero-order chi connectivity index (χ0) is 18.8. The minimum atomic E-state index is -4.92. The molecule has 0 aliphatic rings. The predicted molar refractivity (Wildman–Crippen MR) is 84.3 cm³/mol. The van der Waals surface area contributed by atoms with E-state index < -0.39 is 35.2 Å². The Hall–Kier alpha value is -1.48. The van der Waals surface area contributed by atoms with Crippen LogP contribution in [0.15, 0.2) is 24.3 Å². The second kappa shape index (κ2) is 7.41. The minimum absolute atomic E-state index is 0.0838. The summed E-state index contributed by atoms with van der Waals surface area (Å²) in [4.78, 5) is 3.19. The molecule has 1 heterocycles. The number of fused-ring (bicyclic) bond motifs is 1. The number of aliphatic hydroxyl groups excluding tert-OH is 1. The Morgan fingerprint density at radius 3 is 2.36 bits per heavy atom. The number of hydrogen-bond acceptors (Lipinski definition) is 3. The fraction of sp³-hybridized carbons (Fsp3) is 0.438. The lowest BCUT2D eigenvalue weighted by atomic mass is 10.00. The summed E-state index contributed by atoms with van der Waals surface area (Å²) in [5, 5.41) is 10.1. The Bertz CT molecular complexity index is 744. The van der Waals surface area contributed by atoms with Crippen LogP contribution in [-0.4, -0.2) is 21.6 Å². The van der Waals surface area contributed by atoms with Gasteiger partial charge in [-0.25, -0.2) is 4.98 Å². The molecule has 2 aromatic rings. The van der Waals surface area contributed by atoms with Crippen LogP contribution in [0.3, 0.4) is 0 Å². The number of rotatable bonds is 5. The number of nitrogens with zero attached hydrogens (tertiary/aromatic N) is 1. The van der Waals surface area contributed by atoms with Crippen LogP contribution in [0.5, 0.6) is 0 Å². The van der Waals surface area contributed by atoms with Gasteiger partial charge in [0.2, 0.25) is 0 Å². The van der Waals surface area contributed by atoms with E-state index in [-0.39, 0.29) is 16.7 Å². The van der Waals surface area contributed by atoms with Crippen molar-refractivity contribution in [2.24, 2.45) is 0 Å². The summed E-state index contributed by atoms with van der Waals surface area (Å²) < 4.78 is 78.6. The van der Waals surface area contributed by atoms with Gasteiger partial charge in [0.15, 0.2) is 0 Å². The van der Waals surface area contributed by atoms with Gasteiger partial charge in [0, 0.05) is 11.1 Å². The predicted octanol–water partition coefficient (Wildman–Crippen LogP) is 5.45. The number of aliphatic hydroxyl groups is 1. The van der Waals surface area contributed by atoms with Crippen molar-refractivity contribution in [3.8, 4) is 0 Å². The van der Waals surface area contributed by atoms with E-state index >= 15 is 0 Å². The molecule has 0 bridgehead atoms. The number of para-hydroxylation sites is 1. The lowest BCUT2D eigenvalue weighted by molar-refractivity contribution is -0.142. The number of aromatic nitrogens is 1. The van der Waals surface area contributed by atoms with Crippen molar-refractivity contribution >= 4 is 22.7 Å². The van der Waals surface area contributed by atoms with Crippen LogP contribution in [0.2, 0.25) is 0 Å². The van der Waals surface area contributed by atoms with E-state index in [2.05, 4.69) is 4.98 Å². The zero-order valence-corrected chi connectivity index (χ0v) is 13.9. The lowest BCUT2D eigenvalue weighted by Gasteiger charge is -2.18. The number of halogens is 6. The highest BCUT2D eigenvalue weighted by Crippen LogP contribution is 2.39. The Balaban J connectivity index is 2.67. The van der Waals surface area contributed by atoms with Gasteiger partial charge in [-0.05, 0) is 29.9 Å². The van der Waals surface area contributed by atoms with Gasteiger partial charge in [-0.3, -0.25) is 0 Å². The summed E-state index contributed by atoms with van der Waals surface area (Å²) in [5.74, 6) is 0.764. The van der Waals surface area contributed by atoms with Crippen LogP contribution in [0.4, 0.5) is 26.3 Å². The summed E-state index contributed by atoms with van der Waals surface area (Å²) in [5.41, 5.74) is -3.72. The molecule has 0 radical (unpaired) electrons. The lowest BCUT2D eigenvalue weighted by Crippen LogP contribution is -2.14. The number of alkyl halides is 6. The van der Waals surface area contributed by atoms with Crippen molar-refractivity contribution in [2.45, 2.75) is 31.8 Å². The van der Waals surface area contributed by atoms with Gasteiger partial charge in [-0.15, -0.1) is 0 Å². The van der Waals surface area contributed by atoms with Crippen molar-refractivity contribution in [3.63, 3.8) is 0 Å². The number of pyridine rings is 1. The van der Waals surface area contributed by atoms with Crippen LogP contribution in [-0.2, 0) is 12.4 Å². The topological polar surface area (TPSA) is 33.1 Å². The normalized spacial score (nSPS) is 14.1. The van der Waals surface area contributed by atoms with Gasteiger partial charge in [-0.1, -0.05) is 19.1 Å². The summed E-state index contributed by atoms with van der Waals surface area (Å²) >= 11 is 1.31. The summed E-state index contributed by atoms with van der Waals surface area (Å²) in [6.07, 6.45) is -10.3. The molecule has 1 unspecified atom stereocenters. The SMILES string of the molecule is CCCSCC(O)c1cc(C(F)(F)F)nc2c(C(F)(F)F)cccc12. The average molecular weight is 383 g/mol. The summed E-state index contributed by atoms with van der Waals surface area (Å²) in [6, 6.07) is 3.63. The van der Waals surface area contributed by atoms with Crippen LogP contribution in [0.25, 0.3) is 10.9 Å². The largest absolute Gasteiger partial charge is 0.433 e. The van der Waals surface area contributed by atoms with Gasteiger partial charge >= 0.3 is 12.4 Å². The molecule has 0 aliphatic heterocycles. The highest BCUT2D eigenvalue weighted by Gasteiger charge is 2.37. The molecule has 0 saturated carbocycles. The maximum absolute atomic E-state index is 13.1. The molecule has 0 saturated heterocycles. The molecule has 0 aliphatic carbocycles. The van der Waals surface area contributed by atoms with E-state index in [0.29, 0.717) is 17.9 Å². The molecule has 1 aromatic heterocycles. The van der Waals surface area contributed by atoms with Crippen LogP contribution < -0.4 is 0 Å². The molecule has 1 atom stereocenters. The highest BCUT2D eigenvalue weighted by molar-refractivity contribution is 7.99. The molecule has 25 heavy (non-hydrogen) atoms.